The first kappa shape index (κ1) is 15.5. The fourth-order valence-electron chi connectivity index (χ4n) is 1.90. The molecule has 0 amide bonds. The number of sulfonamides is 1. The summed E-state index contributed by atoms with van der Waals surface area (Å²) < 4.78 is 37.6. The van der Waals surface area contributed by atoms with Crippen LogP contribution in [-0.2, 0) is 10.0 Å². The Kier molecular flexibility index (Phi) is 4.05. The van der Waals surface area contributed by atoms with E-state index in [2.05, 4.69) is 14.9 Å². The molecule has 2 aromatic heterocycles. The van der Waals surface area contributed by atoms with Crippen molar-refractivity contribution in [1.82, 2.24) is 10.1 Å². The van der Waals surface area contributed by atoms with Gasteiger partial charge in [-0.1, -0.05) is 5.16 Å². The molecule has 0 aliphatic carbocycles. The molecule has 0 fully saturated rings. The smallest absolute Gasteiger partial charge is 0.270 e. The third-order valence-corrected chi connectivity index (χ3v) is 5.28. The molecule has 0 radical (unpaired) electrons. The Labute approximate surface area is 137 Å². The van der Waals surface area contributed by atoms with Gasteiger partial charge in [0, 0.05) is 0 Å². The Hall–Kier alpha value is -2.39. The van der Waals surface area contributed by atoms with E-state index in [4.69, 9.17) is 9.26 Å². The lowest BCUT2D eigenvalue weighted by Gasteiger charge is -2.08. The van der Waals surface area contributed by atoms with Crippen molar-refractivity contribution < 1.29 is 17.7 Å². The average molecular weight is 351 g/mol. The van der Waals surface area contributed by atoms with Crippen LogP contribution in [0.5, 0.6) is 5.75 Å². The fourth-order valence-corrected chi connectivity index (χ4v) is 3.81. The summed E-state index contributed by atoms with van der Waals surface area (Å²) in [4.78, 5) is 4.83. The van der Waals surface area contributed by atoms with Crippen molar-refractivity contribution in [2.75, 3.05) is 11.8 Å². The van der Waals surface area contributed by atoms with Crippen LogP contribution >= 0.6 is 11.3 Å². The lowest BCUT2D eigenvalue weighted by molar-refractivity contribution is 0.414. The third-order valence-electron chi connectivity index (χ3n) is 3.00. The molecular weight excluding hydrogens is 338 g/mol. The Morgan fingerprint density at radius 1 is 1.22 bits per heavy atom. The van der Waals surface area contributed by atoms with Gasteiger partial charge >= 0.3 is 0 Å². The zero-order valence-electron chi connectivity index (χ0n) is 12.3. The molecule has 0 spiro atoms. The Balaban J connectivity index is 1.90. The zero-order valence-corrected chi connectivity index (χ0v) is 13.9. The van der Waals surface area contributed by atoms with Gasteiger partial charge in [0.05, 0.1) is 17.7 Å². The first-order valence-corrected chi connectivity index (χ1v) is 8.91. The topological polar surface area (TPSA) is 94.3 Å². The van der Waals surface area contributed by atoms with Crippen molar-refractivity contribution in [2.24, 2.45) is 0 Å². The number of thiophene rings is 1. The van der Waals surface area contributed by atoms with Crippen LogP contribution in [0.3, 0.4) is 0 Å². The molecule has 1 aromatic carbocycles. The fraction of sp³-hybridized carbons (Fsp3) is 0.143. The number of aryl methyl sites for hydroxylation is 1. The molecule has 1 N–H and O–H groups in total. The van der Waals surface area contributed by atoms with E-state index in [1.54, 1.807) is 30.5 Å². The van der Waals surface area contributed by atoms with Crippen LogP contribution in [0.4, 0.5) is 5.69 Å². The second kappa shape index (κ2) is 6.01. The van der Waals surface area contributed by atoms with Gasteiger partial charge in [0.2, 0.25) is 0 Å². The highest BCUT2D eigenvalue weighted by atomic mass is 32.2. The van der Waals surface area contributed by atoms with E-state index in [1.165, 1.54) is 30.6 Å². The minimum Gasteiger partial charge on any atom is -0.497 e. The summed E-state index contributed by atoms with van der Waals surface area (Å²) in [6.07, 6.45) is 0. The highest BCUT2D eigenvalue weighted by molar-refractivity contribution is 7.92. The molecule has 3 aromatic rings. The van der Waals surface area contributed by atoms with Crippen LogP contribution in [-0.4, -0.2) is 25.7 Å². The molecule has 23 heavy (non-hydrogen) atoms. The highest BCUT2D eigenvalue weighted by Gasteiger charge is 2.20. The first-order chi connectivity index (χ1) is 11.0. The number of benzene rings is 1. The SMILES string of the molecule is COc1ccc(S(=O)(=O)Nc2ccsc2-c2nc(C)no2)cc1. The number of aromatic nitrogens is 2. The number of anilines is 1. The van der Waals surface area contributed by atoms with Crippen molar-refractivity contribution in [3.63, 3.8) is 0 Å². The quantitative estimate of drug-likeness (QED) is 0.759. The van der Waals surface area contributed by atoms with Crippen LogP contribution in [0.1, 0.15) is 5.82 Å². The van der Waals surface area contributed by atoms with E-state index in [-0.39, 0.29) is 10.8 Å². The molecule has 0 aliphatic rings. The van der Waals surface area contributed by atoms with Crippen LogP contribution in [0.2, 0.25) is 0 Å². The molecule has 120 valence electrons. The van der Waals surface area contributed by atoms with Crippen molar-refractivity contribution in [2.45, 2.75) is 11.8 Å². The van der Waals surface area contributed by atoms with E-state index < -0.39 is 10.0 Å². The van der Waals surface area contributed by atoms with Gasteiger partial charge in [-0.05, 0) is 42.6 Å². The number of hydrogen-bond acceptors (Lipinski definition) is 7. The highest BCUT2D eigenvalue weighted by Crippen LogP contribution is 2.34. The number of hydrogen-bond donors (Lipinski definition) is 1. The summed E-state index contributed by atoms with van der Waals surface area (Å²) in [7, 11) is -2.20. The summed E-state index contributed by atoms with van der Waals surface area (Å²) in [6, 6.07) is 7.78. The Morgan fingerprint density at radius 3 is 2.57 bits per heavy atom. The molecule has 0 atom stereocenters. The van der Waals surface area contributed by atoms with E-state index in [9.17, 15) is 8.42 Å². The maximum atomic E-state index is 12.5. The van der Waals surface area contributed by atoms with Gasteiger partial charge in [-0.15, -0.1) is 11.3 Å². The maximum absolute atomic E-state index is 12.5. The Morgan fingerprint density at radius 2 is 1.96 bits per heavy atom. The van der Waals surface area contributed by atoms with Gasteiger partial charge in [0.25, 0.3) is 15.9 Å². The van der Waals surface area contributed by atoms with E-state index in [1.807, 2.05) is 0 Å². The number of nitrogens with one attached hydrogen (secondary N) is 1. The first-order valence-electron chi connectivity index (χ1n) is 6.54. The molecule has 7 nitrogen and oxygen atoms in total. The number of ether oxygens (including phenoxy) is 1. The third kappa shape index (κ3) is 3.20. The minimum atomic E-state index is -3.72. The van der Waals surface area contributed by atoms with Crippen molar-refractivity contribution in [3.05, 3.63) is 41.5 Å². The molecule has 0 saturated heterocycles. The molecular formula is C14H13N3O4S2. The summed E-state index contributed by atoms with van der Waals surface area (Å²) in [5.41, 5.74) is 0.398. The van der Waals surface area contributed by atoms with E-state index in [0.717, 1.165) is 0 Å². The largest absolute Gasteiger partial charge is 0.497 e. The predicted octanol–water partition coefficient (Wildman–Crippen LogP) is 2.92. The molecule has 0 unspecified atom stereocenters. The number of rotatable bonds is 5. The standard InChI is InChI=1S/C14H13N3O4S2/c1-9-15-14(21-16-9)13-12(7-8-22-13)17-23(18,19)11-5-3-10(20-2)4-6-11/h3-8,17H,1-2H3. The average Bonchev–Trinajstić information content (AvgIpc) is 3.15. The summed E-state index contributed by atoms with van der Waals surface area (Å²) in [5.74, 6) is 1.35. The van der Waals surface area contributed by atoms with Gasteiger partial charge in [-0.2, -0.15) is 4.98 Å². The maximum Gasteiger partial charge on any atom is 0.270 e. The van der Waals surface area contributed by atoms with Crippen LogP contribution in [0.15, 0.2) is 45.1 Å². The lowest BCUT2D eigenvalue weighted by atomic mass is 10.3. The van der Waals surface area contributed by atoms with Gasteiger partial charge in [0.15, 0.2) is 5.82 Å². The lowest BCUT2D eigenvalue weighted by Crippen LogP contribution is -2.12. The molecule has 0 aliphatic heterocycles. The Bertz CT molecular complexity index is 914. The summed E-state index contributed by atoms with van der Waals surface area (Å²) >= 11 is 1.31. The minimum absolute atomic E-state index is 0.136. The van der Waals surface area contributed by atoms with Gasteiger partial charge in [-0.25, -0.2) is 8.42 Å². The number of nitrogens with zero attached hydrogens (tertiary/aromatic N) is 2. The number of methoxy groups -OCH3 is 1. The van der Waals surface area contributed by atoms with Crippen LogP contribution in [0.25, 0.3) is 10.8 Å². The predicted molar refractivity (Wildman–Crippen MR) is 86.2 cm³/mol. The van der Waals surface area contributed by atoms with E-state index >= 15 is 0 Å². The van der Waals surface area contributed by atoms with Crippen LogP contribution in [0, 0.1) is 6.92 Å². The van der Waals surface area contributed by atoms with Gasteiger partial charge in [-0.3, -0.25) is 4.72 Å². The molecule has 9 heteroatoms. The molecule has 0 bridgehead atoms. The van der Waals surface area contributed by atoms with Gasteiger partial charge in [0.1, 0.15) is 10.6 Å². The summed E-state index contributed by atoms with van der Waals surface area (Å²) in [6.45, 7) is 1.70. The monoisotopic (exact) mass is 351 g/mol. The van der Waals surface area contributed by atoms with Crippen molar-refractivity contribution >= 4 is 27.0 Å². The molecule has 3 rings (SSSR count). The normalized spacial score (nSPS) is 11.4. The van der Waals surface area contributed by atoms with E-state index in [0.29, 0.717) is 22.1 Å². The zero-order chi connectivity index (χ0) is 16.4. The van der Waals surface area contributed by atoms with Crippen LogP contribution < -0.4 is 9.46 Å². The van der Waals surface area contributed by atoms with Crippen molar-refractivity contribution in [3.8, 4) is 16.5 Å². The van der Waals surface area contributed by atoms with Gasteiger partial charge < -0.3 is 9.26 Å². The second-order valence-electron chi connectivity index (χ2n) is 4.59. The van der Waals surface area contributed by atoms with Crippen molar-refractivity contribution in [1.29, 1.82) is 0 Å². The molecule has 2 heterocycles. The summed E-state index contributed by atoms with van der Waals surface area (Å²) in [5, 5.41) is 5.47. The second-order valence-corrected chi connectivity index (χ2v) is 7.19. The molecule has 0 saturated carbocycles.